The van der Waals surface area contributed by atoms with Gasteiger partial charge in [0, 0.05) is 5.69 Å². The van der Waals surface area contributed by atoms with Gasteiger partial charge in [-0.15, -0.1) is 0 Å². The number of amides is 1. The van der Waals surface area contributed by atoms with Gasteiger partial charge in [0.05, 0.1) is 30.4 Å². The van der Waals surface area contributed by atoms with Crippen molar-refractivity contribution in [2.24, 2.45) is 0 Å². The summed E-state index contributed by atoms with van der Waals surface area (Å²) in [6.45, 7) is 3.18. The molecule has 0 bridgehead atoms. The van der Waals surface area contributed by atoms with Crippen molar-refractivity contribution in [3.8, 4) is 5.75 Å². The Labute approximate surface area is 199 Å². The van der Waals surface area contributed by atoms with Gasteiger partial charge in [0.25, 0.3) is 10.0 Å². The molecule has 0 spiro atoms. The third kappa shape index (κ3) is 5.55. The van der Waals surface area contributed by atoms with Gasteiger partial charge < -0.3 is 14.8 Å². The van der Waals surface area contributed by atoms with Crippen LogP contribution in [-0.2, 0) is 19.6 Å². The number of sulfonamides is 1. The first kappa shape index (κ1) is 24.8. The van der Waals surface area contributed by atoms with E-state index in [4.69, 9.17) is 9.47 Å². The van der Waals surface area contributed by atoms with Gasteiger partial charge in [-0.2, -0.15) is 0 Å². The number of hydrogen-bond donors (Lipinski definition) is 1. The number of anilines is 2. The fraction of sp³-hybridized carbons (Fsp3) is 0.200. The molecule has 34 heavy (non-hydrogen) atoms. The Bertz CT molecular complexity index is 1290. The third-order valence-corrected chi connectivity index (χ3v) is 6.98. The monoisotopic (exact) mass is 482 g/mol. The van der Waals surface area contributed by atoms with Gasteiger partial charge in [-0.1, -0.05) is 23.8 Å². The van der Waals surface area contributed by atoms with Crippen molar-refractivity contribution in [2.75, 3.05) is 30.4 Å². The number of rotatable bonds is 8. The summed E-state index contributed by atoms with van der Waals surface area (Å²) in [6.07, 6.45) is 0. The first-order valence-electron chi connectivity index (χ1n) is 10.4. The molecular weight excluding hydrogens is 456 g/mol. The van der Waals surface area contributed by atoms with Crippen molar-refractivity contribution in [3.63, 3.8) is 0 Å². The normalized spacial score (nSPS) is 10.9. The van der Waals surface area contributed by atoms with Gasteiger partial charge in [-0.25, -0.2) is 13.2 Å². The molecule has 0 saturated carbocycles. The van der Waals surface area contributed by atoms with Crippen LogP contribution in [0.1, 0.15) is 21.5 Å². The summed E-state index contributed by atoms with van der Waals surface area (Å²) >= 11 is 0. The smallest absolute Gasteiger partial charge is 0.337 e. The minimum atomic E-state index is -4.07. The van der Waals surface area contributed by atoms with Crippen LogP contribution in [0.2, 0.25) is 0 Å². The van der Waals surface area contributed by atoms with Crippen molar-refractivity contribution in [2.45, 2.75) is 18.7 Å². The molecule has 0 unspecified atom stereocenters. The van der Waals surface area contributed by atoms with Crippen LogP contribution in [0.4, 0.5) is 11.4 Å². The molecule has 3 rings (SSSR count). The highest BCUT2D eigenvalue weighted by Gasteiger charge is 2.27. The first-order chi connectivity index (χ1) is 16.1. The Morgan fingerprint density at radius 2 is 1.56 bits per heavy atom. The number of carbonyl (C=O) groups is 2. The van der Waals surface area contributed by atoms with Crippen LogP contribution >= 0.6 is 0 Å². The van der Waals surface area contributed by atoms with Gasteiger partial charge in [0.15, 0.2) is 0 Å². The predicted molar refractivity (Wildman–Crippen MR) is 130 cm³/mol. The lowest BCUT2D eigenvalue weighted by Crippen LogP contribution is -2.38. The highest BCUT2D eigenvalue weighted by Crippen LogP contribution is 2.26. The van der Waals surface area contributed by atoms with Crippen LogP contribution in [-0.4, -0.2) is 41.1 Å². The summed E-state index contributed by atoms with van der Waals surface area (Å²) in [7, 11) is -1.31. The van der Waals surface area contributed by atoms with E-state index in [-0.39, 0.29) is 10.5 Å². The van der Waals surface area contributed by atoms with Crippen molar-refractivity contribution in [1.82, 2.24) is 0 Å². The molecule has 0 aromatic heterocycles. The molecule has 0 aliphatic rings. The lowest BCUT2D eigenvalue weighted by Gasteiger charge is -2.24. The zero-order valence-corrected chi connectivity index (χ0v) is 20.2. The standard InChI is InChI=1S/C25H26N2O6S/c1-17-5-9-20(10-6-17)27(34(30,31)22-13-11-21(32-3)12-14-22)16-24(28)26-23-15-19(25(29)33-4)8-7-18(23)2/h5-15H,16H2,1-4H3,(H,26,28). The minimum Gasteiger partial charge on any atom is -0.497 e. The average Bonchev–Trinajstić information content (AvgIpc) is 2.84. The fourth-order valence-electron chi connectivity index (χ4n) is 3.22. The Morgan fingerprint density at radius 3 is 2.15 bits per heavy atom. The van der Waals surface area contributed by atoms with Crippen LogP contribution in [0.5, 0.6) is 5.75 Å². The van der Waals surface area contributed by atoms with Gasteiger partial charge in [-0.3, -0.25) is 9.10 Å². The number of nitrogens with zero attached hydrogens (tertiary/aromatic N) is 1. The fourth-order valence-corrected chi connectivity index (χ4v) is 4.64. The van der Waals surface area contributed by atoms with Gasteiger partial charge in [0.1, 0.15) is 12.3 Å². The van der Waals surface area contributed by atoms with Crippen LogP contribution in [0, 0.1) is 13.8 Å². The quantitative estimate of drug-likeness (QED) is 0.488. The summed E-state index contributed by atoms with van der Waals surface area (Å²) in [5.41, 5.74) is 2.66. The van der Waals surface area contributed by atoms with Gasteiger partial charge in [-0.05, 0) is 67.9 Å². The Morgan fingerprint density at radius 1 is 0.912 bits per heavy atom. The van der Waals surface area contributed by atoms with E-state index in [0.717, 1.165) is 9.87 Å². The molecule has 0 radical (unpaired) electrons. The van der Waals surface area contributed by atoms with Crippen molar-refractivity contribution in [1.29, 1.82) is 0 Å². The number of carbonyl (C=O) groups excluding carboxylic acids is 2. The number of aryl methyl sites for hydroxylation is 2. The van der Waals surface area contributed by atoms with Crippen LogP contribution in [0.25, 0.3) is 0 Å². The highest BCUT2D eigenvalue weighted by atomic mass is 32.2. The zero-order valence-electron chi connectivity index (χ0n) is 19.4. The number of methoxy groups -OCH3 is 2. The first-order valence-corrected chi connectivity index (χ1v) is 11.8. The molecular formula is C25H26N2O6S. The molecule has 0 saturated heterocycles. The summed E-state index contributed by atoms with van der Waals surface area (Å²) in [5.74, 6) is -0.596. The lowest BCUT2D eigenvalue weighted by molar-refractivity contribution is -0.114. The average molecular weight is 483 g/mol. The molecule has 0 fully saturated rings. The summed E-state index contributed by atoms with van der Waals surface area (Å²) in [5, 5.41) is 2.71. The maximum absolute atomic E-state index is 13.5. The Hall–Kier alpha value is -3.85. The molecule has 0 aliphatic carbocycles. The zero-order chi connectivity index (χ0) is 24.9. The molecule has 9 heteroatoms. The number of ether oxygens (including phenoxy) is 2. The predicted octanol–water partition coefficient (Wildman–Crippen LogP) is 3.93. The van der Waals surface area contributed by atoms with Crippen molar-refractivity contribution >= 4 is 33.3 Å². The van der Waals surface area contributed by atoms with E-state index in [1.165, 1.54) is 32.4 Å². The van der Waals surface area contributed by atoms with Crippen LogP contribution < -0.4 is 14.4 Å². The Balaban J connectivity index is 1.94. The molecule has 0 heterocycles. The second-order valence-corrected chi connectivity index (χ2v) is 9.45. The van der Waals surface area contributed by atoms with E-state index < -0.39 is 28.4 Å². The maximum Gasteiger partial charge on any atom is 0.337 e. The molecule has 178 valence electrons. The maximum atomic E-state index is 13.5. The SMILES string of the molecule is COC(=O)c1ccc(C)c(NC(=O)CN(c2ccc(C)cc2)S(=O)(=O)c2ccc(OC)cc2)c1. The molecule has 3 aromatic rings. The molecule has 0 atom stereocenters. The third-order valence-electron chi connectivity index (χ3n) is 5.19. The number of esters is 1. The van der Waals surface area contributed by atoms with Crippen molar-refractivity contribution in [3.05, 3.63) is 83.4 Å². The van der Waals surface area contributed by atoms with Crippen LogP contribution in [0.3, 0.4) is 0 Å². The molecule has 1 amide bonds. The van der Waals surface area contributed by atoms with E-state index in [0.29, 0.717) is 22.7 Å². The molecule has 1 N–H and O–H groups in total. The van der Waals surface area contributed by atoms with E-state index >= 15 is 0 Å². The summed E-state index contributed by atoms with van der Waals surface area (Å²) < 4.78 is 37.9. The molecule has 0 aliphatic heterocycles. The number of nitrogens with one attached hydrogen (secondary N) is 1. The molecule has 8 nitrogen and oxygen atoms in total. The number of benzene rings is 3. The van der Waals surface area contributed by atoms with E-state index in [9.17, 15) is 18.0 Å². The van der Waals surface area contributed by atoms with E-state index in [1.807, 2.05) is 6.92 Å². The van der Waals surface area contributed by atoms with Crippen LogP contribution in [0.15, 0.2) is 71.6 Å². The van der Waals surface area contributed by atoms with Gasteiger partial charge in [0.2, 0.25) is 5.91 Å². The topological polar surface area (TPSA) is 102 Å². The molecule has 3 aromatic carbocycles. The van der Waals surface area contributed by atoms with Crippen molar-refractivity contribution < 1.29 is 27.5 Å². The number of hydrogen-bond acceptors (Lipinski definition) is 6. The largest absolute Gasteiger partial charge is 0.497 e. The van der Waals surface area contributed by atoms with E-state index in [1.54, 1.807) is 55.5 Å². The summed E-state index contributed by atoms with van der Waals surface area (Å²) in [6, 6.07) is 17.5. The van der Waals surface area contributed by atoms with E-state index in [2.05, 4.69) is 5.32 Å². The second-order valence-electron chi connectivity index (χ2n) is 7.59. The minimum absolute atomic E-state index is 0.0190. The summed E-state index contributed by atoms with van der Waals surface area (Å²) in [4.78, 5) is 24.9. The highest BCUT2D eigenvalue weighted by molar-refractivity contribution is 7.92. The lowest BCUT2D eigenvalue weighted by atomic mass is 10.1. The second kappa shape index (κ2) is 10.4. The van der Waals surface area contributed by atoms with Gasteiger partial charge >= 0.3 is 5.97 Å². The Kier molecular flexibility index (Phi) is 7.57.